The van der Waals surface area contributed by atoms with E-state index in [2.05, 4.69) is 20.3 Å². The lowest BCUT2D eigenvalue weighted by Crippen LogP contribution is -2.40. The largest absolute Gasteiger partial charge is 0.350 e. The third-order valence-electron chi connectivity index (χ3n) is 6.80. The fourth-order valence-corrected chi connectivity index (χ4v) is 5.19. The molecule has 1 aliphatic rings. The van der Waals surface area contributed by atoms with Gasteiger partial charge in [-0.2, -0.15) is 0 Å². The summed E-state index contributed by atoms with van der Waals surface area (Å²) >= 11 is 1.27. The van der Waals surface area contributed by atoms with Crippen molar-refractivity contribution in [1.82, 2.24) is 28.7 Å². The van der Waals surface area contributed by atoms with Gasteiger partial charge in [0.25, 0.3) is 11.5 Å². The van der Waals surface area contributed by atoms with E-state index in [9.17, 15) is 28.0 Å². The molecule has 1 aliphatic heterocycles. The molecule has 5 rings (SSSR count). The van der Waals surface area contributed by atoms with Crippen LogP contribution >= 0.6 is 11.3 Å². The van der Waals surface area contributed by atoms with Crippen molar-refractivity contribution in [1.29, 1.82) is 0 Å². The summed E-state index contributed by atoms with van der Waals surface area (Å²) in [5, 5.41) is 4.92. The van der Waals surface area contributed by atoms with Gasteiger partial charge in [-0.15, -0.1) is 11.3 Å². The zero-order valence-electron chi connectivity index (χ0n) is 21.2. The van der Waals surface area contributed by atoms with E-state index >= 15 is 0 Å². The van der Waals surface area contributed by atoms with Crippen molar-refractivity contribution in [2.75, 3.05) is 23.3 Å². The SMILES string of the molecule is CC1CN(c2ccc(-c3nc(NC(=O)[C@H](C)n4cnc5c4c(=O)n(CC=O)c(=O)n5C)cs3)cn2)CC1(F)F. The summed E-state index contributed by atoms with van der Waals surface area (Å²) in [5.74, 6) is -3.26. The lowest BCUT2D eigenvalue weighted by atomic mass is 10.1. The van der Waals surface area contributed by atoms with Crippen LogP contribution in [0.15, 0.2) is 39.6 Å². The molecule has 4 aromatic heterocycles. The molecular formula is C24H24F2N8O4S. The van der Waals surface area contributed by atoms with Crippen molar-refractivity contribution < 1.29 is 18.4 Å². The molecule has 0 saturated carbocycles. The van der Waals surface area contributed by atoms with Gasteiger partial charge in [0, 0.05) is 36.7 Å². The van der Waals surface area contributed by atoms with Crippen molar-refractivity contribution in [3.63, 3.8) is 0 Å². The van der Waals surface area contributed by atoms with Crippen molar-refractivity contribution in [3.8, 4) is 10.6 Å². The lowest BCUT2D eigenvalue weighted by molar-refractivity contribution is -0.118. The van der Waals surface area contributed by atoms with E-state index in [0.717, 1.165) is 9.13 Å². The third-order valence-corrected chi connectivity index (χ3v) is 7.69. The van der Waals surface area contributed by atoms with Gasteiger partial charge in [-0.25, -0.2) is 28.5 Å². The van der Waals surface area contributed by atoms with Crippen LogP contribution in [0.4, 0.5) is 20.4 Å². The van der Waals surface area contributed by atoms with E-state index in [1.54, 1.807) is 35.5 Å². The van der Waals surface area contributed by atoms with Crippen LogP contribution in [0.3, 0.4) is 0 Å². The second kappa shape index (κ2) is 9.80. The highest BCUT2D eigenvalue weighted by molar-refractivity contribution is 7.13. The minimum Gasteiger partial charge on any atom is -0.350 e. The Bertz CT molecular complexity index is 1690. The van der Waals surface area contributed by atoms with E-state index in [1.807, 2.05) is 0 Å². The van der Waals surface area contributed by atoms with E-state index in [1.165, 1.54) is 36.2 Å². The molecule has 12 nitrogen and oxygen atoms in total. The smallest absolute Gasteiger partial charge is 0.332 e. The molecule has 1 unspecified atom stereocenters. The molecule has 4 aromatic rings. The van der Waals surface area contributed by atoms with E-state index in [4.69, 9.17) is 0 Å². The fourth-order valence-electron chi connectivity index (χ4n) is 4.45. The topological polar surface area (TPSA) is 137 Å². The number of carbonyl (C=O) groups is 2. The Kier molecular flexibility index (Phi) is 6.62. The first kappa shape index (κ1) is 26.3. The third kappa shape index (κ3) is 4.62. The van der Waals surface area contributed by atoms with Crippen molar-refractivity contribution in [2.45, 2.75) is 32.4 Å². The molecule has 0 spiro atoms. The van der Waals surface area contributed by atoms with Gasteiger partial charge in [0.15, 0.2) is 11.2 Å². The van der Waals surface area contributed by atoms with Gasteiger partial charge in [-0.1, -0.05) is 6.92 Å². The zero-order valence-corrected chi connectivity index (χ0v) is 22.0. The van der Waals surface area contributed by atoms with Crippen molar-refractivity contribution in [3.05, 3.63) is 50.9 Å². The van der Waals surface area contributed by atoms with Gasteiger partial charge in [0.2, 0.25) is 5.91 Å². The predicted octanol–water partition coefficient (Wildman–Crippen LogP) is 1.91. The van der Waals surface area contributed by atoms with Gasteiger partial charge in [0.1, 0.15) is 29.0 Å². The second-order valence-corrected chi connectivity index (χ2v) is 10.3. The average molecular weight is 559 g/mol. The first-order valence-corrected chi connectivity index (χ1v) is 12.9. The summed E-state index contributed by atoms with van der Waals surface area (Å²) < 4.78 is 31.0. The Hall–Kier alpha value is -4.27. The monoisotopic (exact) mass is 558 g/mol. The number of aryl methyl sites for hydroxylation is 1. The van der Waals surface area contributed by atoms with E-state index in [0.29, 0.717) is 22.7 Å². The first-order chi connectivity index (χ1) is 18.5. The molecule has 204 valence electrons. The normalized spacial score (nSPS) is 17.5. The highest BCUT2D eigenvalue weighted by Gasteiger charge is 2.45. The van der Waals surface area contributed by atoms with Gasteiger partial charge >= 0.3 is 5.69 Å². The summed E-state index contributed by atoms with van der Waals surface area (Å²) in [6, 6.07) is 2.50. The number of pyridine rings is 1. The number of hydrogen-bond donors (Lipinski definition) is 1. The maximum Gasteiger partial charge on any atom is 0.332 e. The number of aldehydes is 1. The van der Waals surface area contributed by atoms with Gasteiger partial charge in [0.05, 0.1) is 19.4 Å². The summed E-state index contributed by atoms with van der Waals surface area (Å²) in [6.45, 7) is 2.50. The maximum absolute atomic E-state index is 13.9. The molecule has 0 aromatic carbocycles. The van der Waals surface area contributed by atoms with Crippen LogP contribution in [0, 0.1) is 5.92 Å². The zero-order chi connectivity index (χ0) is 28.1. The molecule has 39 heavy (non-hydrogen) atoms. The number of nitrogens with one attached hydrogen (secondary N) is 1. The van der Waals surface area contributed by atoms with Crippen LogP contribution in [-0.4, -0.2) is 59.9 Å². The molecule has 15 heteroatoms. The average Bonchev–Trinajstić information content (AvgIpc) is 3.62. The Morgan fingerprint density at radius 2 is 2.08 bits per heavy atom. The Morgan fingerprint density at radius 1 is 1.31 bits per heavy atom. The number of fused-ring (bicyclic) bond motifs is 1. The van der Waals surface area contributed by atoms with Crippen molar-refractivity contribution in [2.24, 2.45) is 13.0 Å². The summed E-state index contributed by atoms with van der Waals surface area (Å²) in [7, 11) is 1.42. The van der Waals surface area contributed by atoms with Crippen LogP contribution in [0.5, 0.6) is 0 Å². The Labute approximate surface area is 223 Å². The van der Waals surface area contributed by atoms with Gasteiger partial charge < -0.3 is 19.6 Å². The van der Waals surface area contributed by atoms with E-state index < -0.39 is 41.6 Å². The minimum atomic E-state index is -2.76. The fraction of sp³-hybridized carbons (Fsp3) is 0.375. The summed E-state index contributed by atoms with van der Waals surface area (Å²) in [6.07, 6.45) is 3.28. The molecule has 1 saturated heterocycles. The van der Waals surface area contributed by atoms with Crippen LogP contribution < -0.4 is 21.5 Å². The van der Waals surface area contributed by atoms with E-state index in [-0.39, 0.29) is 30.1 Å². The van der Waals surface area contributed by atoms with Crippen LogP contribution in [0.2, 0.25) is 0 Å². The van der Waals surface area contributed by atoms with Crippen LogP contribution in [-0.2, 0) is 23.2 Å². The number of rotatable bonds is 7. The van der Waals surface area contributed by atoms with Crippen molar-refractivity contribution >= 4 is 46.3 Å². The van der Waals surface area contributed by atoms with Gasteiger partial charge in [-0.3, -0.25) is 18.7 Å². The van der Waals surface area contributed by atoms with Crippen LogP contribution in [0.25, 0.3) is 21.7 Å². The number of nitrogens with zero attached hydrogens (tertiary/aromatic N) is 7. The van der Waals surface area contributed by atoms with Gasteiger partial charge in [-0.05, 0) is 19.1 Å². The highest BCUT2D eigenvalue weighted by atomic mass is 32.1. The number of imidazole rings is 1. The molecule has 0 radical (unpaired) electrons. The van der Waals surface area contributed by atoms with Crippen LogP contribution in [0.1, 0.15) is 19.9 Å². The Morgan fingerprint density at radius 3 is 2.72 bits per heavy atom. The summed E-state index contributed by atoms with van der Waals surface area (Å²) in [5.41, 5.74) is -0.653. The molecule has 0 aliphatic carbocycles. The molecule has 1 fully saturated rings. The molecule has 1 N–H and O–H groups in total. The highest BCUT2D eigenvalue weighted by Crippen LogP contribution is 2.35. The molecule has 5 heterocycles. The number of amides is 1. The number of hydrogen-bond acceptors (Lipinski definition) is 9. The predicted molar refractivity (Wildman–Crippen MR) is 140 cm³/mol. The first-order valence-electron chi connectivity index (χ1n) is 12.0. The quantitative estimate of drug-likeness (QED) is 0.340. The Balaban J connectivity index is 1.33. The number of carbonyl (C=O) groups excluding carboxylic acids is 2. The minimum absolute atomic E-state index is 0.0110. The molecular weight excluding hydrogens is 534 g/mol. The standard InChI is InChI=1S/C24H24F2N8O4S/c1-13-9-32(11-24(13,25)26)17-5-4-15(8-27-17)21-30-16(10-39-21)29-20(36)14(2)34-12-28-19-18(34)22(37)33(6-7-35)23(38)31(19)3/h4-5,7-8,10,12-14H,6,9,11H2,1-3H3,(H,29,36)/t13?,14-/m0/s1. The maximum atomic E-state index is 13.9. The second-order valence-electron chi connectivity index (χ2n) is 9.40. The summed E-state index contributed by atoms with van der Waals surface area (Å²) in [4.78, 5) is 63.7. The molecule has 2 atom stereocenters. The number of halogens is 2. The lowest BCUT2D eigenvalue weighted by Gasteiger charge is -2.16. The number of anilines is 2. The number of aromatic nitrogens is 6. The molecule has 0 bridgehead atoms. The molecule has 1 amide bonds. The number of thiazole rings is 1. The number of alkyl halides is 2.